The molecule has 0 bridgehead atoms. The molecule has 1 rings (SSSR count). The number of hydrogen-bond donors (Lipinski definition) is 0. The van der Waals surface area contributed by atoms with Crippen LogP contribution in [0.3, 0.4) is 0 Å². The molecule has 10 heteroatoms. The highest BCUT2D eigenvalue weighted by molar-refractivity contribution is 7.59. The number of nitrogens with zero attached hydrogens (tertiary/aromatic N) is 2. The maximum absolute atomic E-state index is 12.5. The Kier molecular flexibility index (Phi) is 4.07. The van der Waals surface area contributed by atoms with Crippen molar-refractivity contribution in [3.8, 4) is 0 Å². The molecule has 0 aromatic rings. The Balaban J connectivity index is 3.40. The Hall–Kier alpha value is 0. The van der Waals surface area contributed by atoms with Gasteiger partial charge in [-0.1, -0.05) is 34.8 Å². The number of alkyl halides is 3. The van der Waals surface area contributed by atoms with Gasteiger partial charge < -0.3 is 4.52 Å². The summed E-state index contributed by atoms with van der Waals surface area (Å²) in [6.07, 6.45) is 0. The highest BCUT2D eigenvalue weighted by atomic mass is 35.6. The number of carbonyl (C=O) groups is 2. The Labute approximate surface area is 113 Å². The Morgan fingerprint density at radius 2 is 1.94 bits per heavy atom. The minimum Gasteiger partial charge on any atom is -0.315 e. The van der Waals surface area contributed by atoms with Crippen molar-refractivity contribution in [3.05, 3.63) is 0 Å². The standard InChI is InChI=1S/C7H10Cl3N2O4P/c1-4(13)12-5(7(8,9)10)17(15,16-3)11(2)6(12)14/h5H,1-3H3. The molecule has 1 aliphatic heterocycles. The van der Waals surface area contributed by atoms with Gasteiger partial charge in [0.2, 0.25) is 9.70 Å². The molecule has 6 nitrogen and oxygen atoms in total. The predicted molar refractivity (Wildman–Crippen MR) is 64.4 cm³/mol. The normalized spacial score (nSPS) is 30.0. The van der Waals surface area contributed by atoms with Crippen molar-refractivity contribution in [1.82, 2.24) is 9.57 Å². The molecule has 0 aliphatic carbocycles. The second-order valence-electron chi connectivity index (χ2n) is 3.36. The topological polar surface area (TPSA) is 66.9 Å². The number of urea groups is 1. The lowest BCUT2D eigenvalue weighted by atomic mass is 10.5. The molecule has 2 unspecified atom stereocenters. The van der Waals surface area contributed by atoms with Gasteiger partial charge in [0, 0.05) is 21.1 Å². The molecule has 17 heavy (non-hydrogen) atoms. The van der Waals surface area contributed by atoms with Gasteiger partial charge in [0.05, 0.1) is 0 Å². The minimum absolute atomic E-state index is 0.636. The van der Waals surface area contributed by atoms with Gasteiger partial charge in [-0.15, -0.1) is 0 Å². The van der Waals surface area contributed by atoms with Crippen LogP contribution in [0.5, 0.6) is 0 Å². The first-order chi connectivity index (χ1) is 7.57. The van der Waals surface area contributed by atoms with E-state index in [1.165, 1.54) is 7.05 Å². The molecule has 1 heterocycles. The summed E-state index contributed by atoms with van der Waals surface area (Å²) < 4.78 is 16.0. The maximum atomic E-state index is 12.5. The highest BCUT2D eigenvalue weighted by Crippen LogP contribution is 2.65. The number of carbonyl (C=O) groups excluding carboxylic acids is 2. The highest BCUT2D eigenvalue weighted by Gasteiger charge is 2.63. The lowest BCUT2D eigenvalue weighted by Crippen LogP contribution is -2.44. The second-order valence-corrected chi connectivity index (χ2v) is 8.31. The third-order valence-corrected chi connectivity index (χ3v) is 6.19. The van der Waals surface area contributed by atoms with Gasteiger partial charge in [0.25, 0.3) is 0 Å². The van der Waals surface area contributed by atoms with E-state index in [2.05, 4.69) is 0 Å². The Morgan fingerprint density at radius 3 is 2.24 bits per heavy atom. The predicted octanol–water partition coefficient (Wildman–Crippen LogP) is 2.44. The summed E-state index contributed by atoms with van der Waals surface area (Å²) >= 11 is 17.0. The fourth-order valence-electron chi connectivity index (χ4n) is 1.55. The summed E-state index contributed by atoms with van der Waals surface area (Å²) in [7, 11) is -1.40. The maximum Gasteiger partial charge on any atom is 0.334 e. The molecule has 0 saturated carbocycles. The number of halogens is 3. The number of hydrogen-bond acceptors (Lipinski definition) is 4. The third kappa shape index (κ3) is 2.29. The van der Waals surface area contributed by atoms with Gasteiger partial charge in [0.1, 0.15) is 0 Å². The first kappa shape index (κ1) is 15.1. The molecular weight excluding hydrogens is 313 g/mol. The van der Waals surface area contributed by atoms with Crippen molar-refractivity contribution in [3.63, 3.8) is 0 Å². The SMILES string of the molecule is COP1(=O)C(C(Cl)(Cl)Cl)N(C(C)=O)C(=O)N1C. The lowest BCUT2D eigenvalue weighted by Gasteiger charge is -2.28. The molecule has 0 N–H and O–H groups in total. The van der Waals surface area contributed by atoms with Crippen LogP contribution < -0.4 is 0 Å². The van der Waals surface area contributed by atoms with Gasteiger partial charge >= 0.3 is 13.6 Å². The summed E-state index contributed by atoms with van der Waals surface area (Å²) in [5.41, 5.74) is 0. The van der Waals surface area contributed by atoms with Crippen LogP contribution in [0.25, 0.3) is 0 Å². The molecule has 1 fully saturated rings. The molecule has 2 atom stereocenters. The van der Waals surface area contributed by atoms with E-state index >= 15 is 0 Å². The average Bonchev–Trinajstić information content (AvgIpc) is 2.39. The Bertz CT molecular complexity index is 410. The van der Waals surface area contributed by atoms with E-state index in [1.54, 1.807) is 0 Å². The second kappa shape index (κ2) is 4.59. The molecule has 3 amide bonds. The zero-order chi connectivity index (χ0) is 13.6. The number of amides is 3. The smallest absolute Gasteiger partial charge is 0.315 e. The van der Waals surface area contributed by atoms with E-state index in [0.29, 0.717) is 4.90 Å². The van der Waals surface area contributed by atoms with Crippen molar-refractivity contribution in [2.75, 3.05) is 14.2 Å². The summed E-state index contributed by atoms with van der Waals surface area (Å²) in [4.78, 5) is 23.8. The number of imide groups is 1. The van der Waals surface area contributed by atoms with E-state index in [4.69, 9.17) is 39.3 Å². The molecule has 98 valence electrons. The fraction of sp³-hybridized carbons (Fsp3) is 0.714. The minimum atomic E-state index is -3.75. The van der Waals surface area contributed by atoms with Gasteiger partial charge in [0.15, 0.2) is 5.78 Å². The molecular formula is C7H10Cl3N2O4P. The molecule has 0 aromatic carbocycles. The summed E-state index contributed by atoms with van der Waals surface area (Å²) in [5.74, 6) is -2.13. The van der Waals surface area contributed by atoms with Crippen molar-refractivity contribution in [2.24, 2.45) is 0 Å². The van der Waals surface area contributed by atoms with Crippen LogP contribution >= 0.6 is 42.3 Å². The van der Waals surface area contributed by atoms with Crippen LogP contribution in [0.15, 0.2) is 0 Å². The van der Waals surface area contributed by atoms with Crippen LogP contribution in [0.4, 0.5) is 4.79 Å². The molecule has 0 radical (unpaired) electrons. The summed E-state index contributed by atoms with van der Waals surface area (Å²) in [6, 6.07) is -0.820. The van der Waals surface area contributed by atoms with Crippen molar-refractivity contribution in [2.45, 2.75) is 16.5 Å². The first-order valence-corrected chi connectivity index (χ1v) is 7.15. The number of rotatable bonds is 1. The summed E-state index contributed by atoms with van der Waals surface area (Å²) in [5, 5.41) is 0. The van der Waals surface area contributed by atoms with Gasteiger partial charge in [-0.3, -0.25) is 14.0 Å². The molecule has 1 saturated heterocycles. The lowest BCUT2D eigenvalue weighted by molar-refractivity contribution is -0.126. The van der Waals surface area contributed by atoms with Crippen LogP contribution in [-0.2, 0) is 13.9 Å². The average molecular weight is 324 g/mol. The molecule has 0 aromatic heterocycles. The monoisotopic (exact) mass is 322 g/mol. The van der Waals surface area contributed by atoms with Crippen molar-refractivity contribution >= 4 is 54.3 Å². The van der Waals surface area contributed by atoms with Crippen molar-refractivity contribution < 1.29 is 18.7 Å². The van der Waals surface area contributed by atoms with E-state index in [-0.39, 0.29) is 0 Å². The van der Waals surface area contributed by atoms with E-state index in [9.17, 15) is 14.2 Å². The van der Waals surface area contributed by atoms with Crippen LogP contribution in [0.1, 0.15) is 6.92 Å². The zero-order valence-corrected chi connectivity index (χ0v) is 12.3. The van der Waals surface area contributed by atoms with Crippen molar-refractivity contribution in [1.29, 1.82) is 0 Å². The van der Waals surface area contributed by atoms with Gasteiger partial charge in [-0.05, 0) is 0 Å². The fourth-order valence-corrected chi connectivity index (χ4v) is 4.98. The van der Waals surface area contributed by atoms with Gasteiger partial charge in [-0.25, -0.2) is 9.69 Å². The molecule has 1 aliphatic rings. The van der Waals surface area contributed by atoms with E-state index in [0.717, 1.165) is 18.7 Å². The van der Waals surface area contributed by atoms with Crippen LogP contribution in [0.2, 0.25) is 0 Å². The van der Waals surface area contributed by atoms with E-state index < -0.39 is 29.0 Å². The third-order valence-electron chi connectivity index (χ3n) is 2.35. The quantitative estimate of drug-likeness (QED) is 0.549. The largest absolute Gasteiger partial charge is 0.334 e. The zero-order valence-electron chi connectivity index (χ0n) is 9.19. The molecule has 0 spiro atoms. The van der Waals surface area contributed by atoms with Gasteiger partial charge in [-0.2, -0.15) is 0 Å². The van der Waals surface area contributed by atoms with Crippen LogP contribution in [0, 0.1) is 0 Å². The van der Waals surface area contributed by atoms with E-state index in [1.807, 2.05) is 0 Å². The van der Waals surface area contributed by atoms with Crippen LogP contribution in [-0.4, -0.2) is 45.2 Å². The summed E-state index contributed by atoms with van der Waals surface area (Å²) in [6.45, 7) is 1.11. The Morgan fingerprint density at radius 1 is 1.47 bits per heavy atom. The first-order valence-electron chi connectivity index (χ1n) is 4.37.